The van der Waals surface area contributed by atoms with Crippen molar-refractivity contribution in [2.75, 3.05) is 0 Å². The molecule has 1 fully saturated rings. The smallest absolute Gasteiger partial charge is 0.0406 e. The summed E-state index contributed by atoms with van der Waals surface area (Å²) < 4.78 is 0. The molecule has 1 aliphatic rings. The van der Waals surface area contributed by atoms with Crippen molar-refractivity contribution >= 4 is 11.6 Å². The molecule has 0 bridgehead atoms. The first-order valence-electron chi connectivity index (χ1n) is 7.13. The molecule has 2 heteroatoms. The first-order chi connectivity index (χ1) is 8.65. The van der Waals surface area contributed by atoms with Crippen molar-refractivity contribution in [1.29, 1.82) is 0 Å². The Kier molecular flexibility index (Phi) is 5.08. The molecule has 1 aliphatic carbocycles. The molecule has 0 saturated heterocycles. The highest BCUT2D eigenvalue weighted by molar-refractivity contribution is 6.30. The predicted molar refractivity (Wildman–Crippen MR) is 78.9 cm³/mol. The summed E-state index contributed by atoms with van der Waals surface area (Å²) in [4.78, 5) is 0. The Morgan fingerprint density at radius 1 is 1.22 bits per heavy atom. The lowest BCUT2D eigenvalue weighted by Crippen LogP contribution is -2.35. The summed E-state index contributed by atoms with van der Waals surface area (Å²) >= 11 is 5.89. The second-order valence-corrected chi connectivity index (χ2v) is 6.31. The quantitative estimate of drug-likeness (QED) is 0.836. The fourth-order valence-electron chi connectivity index (χ4n) is 2.88. The van der Waals surface area contributed by atoms with E-state index in [4.69, 9.17) is 11.6 Å². The van der Waals surface area contributed by atoms with Gasteiger partial charge in [-0.3, -0.25) is 0 Å². The summed E-state index contributed by atoms with van der Waals surface area (Å²) in [5.41, 5.74) is 1.33. The summed E-state index contributed by atoms with van der Waals surface area (Å²) in [7, 11) is 0. The second kappa shape index (κ2) is 6.58. The van der Waals surface area contributed by atoms with Crippen LogP contribution in [-0.2, 0) is 6.54 Å². The van der Waals surface area contributed by atoms with Gasteiger partial charge >= 0.3 is 0 Å². The van der Waals surface area contributed by atoms with Crippen LogP contribution < -0.4 is 5.32 Å². The molecule has 1 aromatic carbocycles. The molecule has 2 atom stereocenters. The molecule has 0 aliphatic heterocycles. The Hall–Kier alpha value is -0.530. The molecule has 1 saturated carbocycles. The molecule has 100 valence electrons. The maximum atomic E-state index is 5.89. The van der Waals surface area contributed by atoms with Crippen LogP contribution in [-0.4, -0.2) is 6.04 Å². The van der Waals surface area contributed by atoms with Gasteiger partial charge in [0.2, 0.25) is 0 Å². The van der Waals surface area contributed by atoms with E-state index in [1.165, 1.54) is 31.2 Å². The van der Waals surface area contributed by atoms with Gasteiger partial charge in [-0.15, -0.1) is 0 Å². The van der Waals surface area contributed by atoms with E-state index in [0.29, 0.717) is 6.04 Å². The number of rotatable bonds is 4. The molecule has 0 heterocycles. The van der Waals surface area contributed by atoms with Gasteiger partial charge in [0.1, 0.15) is 0 Å². The normalized spacial score (nSPS) is 24.4. The maximum absolute atomic E-state index is 5.89. The van der Waals surface area contributed by atoms with Gasteiger partial charge in [-0.1, -0.05) is 50.4 Å². The first-order valence-corrected chi connectivity index (χ1v) is 7.51. The third-order valence-corrected chi connectivity index (χ3v) is 4.42. The monoisotopic (exact) mass is 265 g/mol. The Labute approximate surface area is 116 Å². The highest BCUT2D eigenvalue weighted by atomic mass is 35.5. The van der Waals surface area contributed by atoms with Crippen LogP contribution in [0.15, 0.2) is 24.3 Å². The van der Waals surface area contributed by atoms with Gasteiger partial charge in [0.25, 0.3) is 0 Å². The largest absolute Gasteiger partial charge is 0.310 e. The number of nitrogens with one attached hydrogen (secondary N) is 1. The van der Waals surface area contributed by atoms with Crippen molar-refractivity contribution in [3.05, 3.63) is 34.9 Å². The van der Waals surface area contributed by atoms with Gasteiger partial charge in [-0.2, -0.15) is 0 Å². The van der Waals surface area contributed by atoms with E-state index < -0.39 is 0 Å². The molecular formula is C16H24ClN. The van der Waals surface area contributed by atoms with E-state index in [1.807, 2.05) is 12.1 Å². The van der Waals surface area contributed by atoms with Crippen molar-refractivity contribution < 1.29 is 0 Å². The summed E-state index contributed by atoms with van der Waals surface area (Å²) in [6.45, 7) is 5.67. The number of halogens is 1. The van der Waals surface area contributed by atoms with Crippen LogP contribution in [0, 0.1) is 11.8 Å². The van der Waals surface area contributed by atoms with Crippen molar-refractivity contribution in [1.82, 2.24) is 5.32 Å². The van der Waals surface area contributed by atoms with Crippen molar-refractivity contribution in [3.63, 3.8) is 0 Å². The van der Waals surface area contributed by atoms with E-state index in [9.17, 15) is 0 Å². The zero-order valence-electron chi connectivity index (χ0n) is 11.5. The minimum Gasteiger partial charge on any atom is -0.310 e. The van der Waals surface area contributed by atoms with Crippen LogP contribution in [0.1, 0.15) is 45.1 Å². The molecule has 0 radical (unpaired) electrons. The van der Waals surface area contributed by atoms with Crippen molar-refractivity contribution in [2.24, 2.45) is 11.8 Å². The summed E-state index contributed by atoms with van der Waals surface area (Å²) in [5.74, 6) is 1.73. The molecule has 0 aromatic heterocycles. The van der Waals surface area contributed by atoms with Gasteiger partial charge in [0.05, 0.1) is 0 Å². The number of hydrogen-bond donors (Lipinski definition) is 1. The van der Waals surface area contributed by atoms with Crippen LogP contribution >= 0.6 is 11.6 Å². The highest BCUT2D eigenvalue weighted by Crippen LogP contribution is 2.30. The fraction of sp³-hybridized carbons (Fsp3) is 0.625. The molecule has 2 rings (SSSR count). The average Bonchev–Trinajstić information content (AvgIpc) is 2.38. The maximum Gasteiger partial charge on any atom is 0.0406 e. The van der Waals surface area contributed by atoms with E-state index in [2.05, 4.69) is 31.3 Å². The van der Waals surface area contributed by atoms with Crippen molar-refractivity contribution in [2.45, 2.75) is 52.1 Å². The molecule has 1 N–H and O–H groups in total. The molecule has 1 aromatic rings. The van der Waals surface area contributed by atoms with Gasteiger partial charge in [-0.05, 0) is 42.4 Å². The molecule has 18 heavy (non-hydrogen) atoms. The van der Waals surface area contributed by atoms with Gasteiger partial charge < -0.3 is 5.32 Å². The van der Waals surface area contributed by atoms with E-state index in [0.717, 1.165) is 23.4 Å². The lowest BCUT2D eigenvalue weighted by atomic mass is 9.79. The Morgan fingerprint density at radius 2 is 1.94 bits per heavy atom. The van der Waals surface area contributed by atoms with Crippen LogP contribution in [0.4, 0.5) is 0 Å². The fourth-order valence-corrected chi connectivity index (χ4v) is 3.01. The summed E-state index contributed by atoms with van der Waals surface area (Å²) in [6, 6.07) is 8.85. The minimum absolute atomic E-state index is 0.696. The van der Waals surface area contributed by atoms with Crippen molar-refractivity contribution in [3.8, 4) is 0 Å². The first kappa shape index (κ1) is 13.9. The van der Waals surface area contributed by atoms with E-state index in [1.54, 1.807) is 0 Å². The number of hydrogen-bond acceptors (Lipinski definition) is 1. The summed E-state index contributed by atoms with van der Waals surface area (Å²) in [6.07, 6.45) is 5.46. The molecule has 2 unspecified atom stereocenters. The average molecular weight is 266 g/mol. The van der Waals surface area contributed by atoms with Gasteiger partial charge in [0.15, 0.2) is 0 Å². The number of benzene rings is 1. The van der Waals surface area contributed by atoms with Crippen LogP contribution in [0.5, 0.6) is 0 Å². The van der Waals surface area contributed by atoms with Gasteiger partial charge in [0, 0.05) is 17.6 Å². The predicted octanol–water partition coefficient (Wildman–Crippen LogP) is 4.64. The summed E-state index contributed by atoms with van der Waals surface area (Å²) in [5, 5.41) is 4.52. The standard InChI is InChI=1S/C16H24ClN/c1-12(2)14-4-3-5-16(10-14)18-11-13-6-8-15(17)9-7-13/h6-9,12,14,16,18H,3-5,10-11H2,1-2H3. The topological polar surface area (TPSA) is 12.0 Å². The lowest BCUT2D eigenvalue weighted by molar-refractivity contribution is 0.231. The van der Waals surface area contributed by atoms with E-state index in [-0.39, 0.29) is 0 Å². The molecule has 1 nitrogen and oxygen atoms in total. The zero-order valence-corrected chi connectivity index (χ0v) is 12.2. The zero-order chi connectivity index (χ0) is 13.0. The second-order valence-electron chi connectivity index (χ2n) is 5.87. The van der Waals surface area contributed by atoms with Crippen LogP contribution in [0.3, 0.4) is 0 Å². The molecular weight excluding hydrogens is 242 g/mol. The van der Waals surface area contributed by atoms with Crippen LogP contribution in [0.25, 0.3) is 0 Å². The van der Waals surface area contributed by atoms with E-state index >= 15 is 0 Å². The Bertz CT molecular complexity index is 358. The molecule has 0 spiro atoms. The van der Waals surface area contributed by atoms with Gasteiger partial charge in [-0.25, -0.2) is 0 Å². The van der Waals surface area contributed by atoms with Crippen LogP contribution in [0.2, 0.25) is 5.02 Å². The Balaban J connectivity index is 1.81. The lowest BCUT2D eigenvalue weighted by Gasteiger charge is -2.32. The third-order valence-electron chi connectivity index (χ3n) is 4.17. The minimum atomic E-state index is 0.696. The Morgan fingerprint density at radius 3 is 2.61 bits per heavy atom. The SMILES string of the molecule is CC(C)C1CCCC(NCc2ccc(Cl)cc2)C1. The molecule has 0 amide bonds. The highest BCUT2D eigenvalue weighted by Gasteiger charge is 2.23. The third kappa shape index (κ3) is 4.00.